The summed E-state index contributed by atoms with van der Waals surface area (Å²) < 4.78 is 38.4. The SMILES string of the molecule is Cc1ccnc(Oc2ccc(-c3cc4c(cc3F)ncc3nc(C)n(C5CCCCC5)c34)c(F)c2)n1. The van der Waals surface area contributed by atoms with Crippen molar-refractivity contribution in [3.05, 3.63) is 71.9 Å². The number of hydrogen-bond donors (Lipinski definition) is 0. The highest BCUT2D eigenvalue weighted by Crippen LogP contribution is 2.37. The number of aryl methyl sites for hydroxylation is 2. The summed E-state index contributed by atoms with van der Waals surface area (Å²) in [5, 5.41) is 0.767. The second kappa shape index (κ2) is 8.93. The maximum Gasteiger partial charge on any atom is 0.322 e. The minimum Gasteiger partial charge on any atom is -0.424 e. The minimum absolute atomic E-state index is 0.124. The van der Waals surface area contributed by atoms with Crippen molar-refractivity contribution < 1.29 is 13.5 Å². The Morgan fingerprint density at radius 2 is 1.67 bits per heavy atom. The fourth-order valence-electron chi connectivity index (χ4n) is 5.26. The molecule has 0 bridgehead atoms. The van der Waals surface area contributed by atoms with Crippen LogP contribution in [0.2, 0.25) is 0 Å². The van der Waals surface area contributed by atoms with E-state index >= 15 is 8.78 Å². The Hall–Kier alpha value is -3.94. The second-order valence-corrected chi connectivity index (χ2v) is 9.39. The van der Waals surface area contributed by atoms with Crippen LogP contribution in [-0.2, 0) is 0 Å². The first-order valence-electron chi connectivity index (χ1n) is 12.2. The topological polar surface area (TPSA) is 65.7 Å². The van der Waals surface area contributed by atoms with E-state index in [0.29, 0.717) is 11.6 Å². The van der Waals surface area contributed by atoms with Crippen molar-refractivity contribution >= 4 is 21.9 Å². The van der Waals surface area contributed by atoms with E-state index in [0.717, 1.165) is 40.8 Å². The molecule has 1 fully saturated rings. The summed E-state index contributed by atoms with van der Waals surface area (Å²) in [6.45, 7) is 3.81. The molecule has 0 aliphatic heterocycles. The first-order chi connectivity index (χ1) is 17.5. The molecule has 0 saturated heterocycles. The molecule has 36 heavy (non-hydrogen) atoms. The number of imidazole rings is 1. The molecule has 1 saturated carbocycles. The van der Waals surface area contributed by atoms with E-state index in [-0.39, 0.29) is 22.9 Å². The predicted octanol–water partition coefficient (Wildman–Crippen LogP) is 7.23. The highest BCUT2D eigenvalue weighted by Gasteiger charge is 2.23. The van der Waals surface area contributed by atoms with Crippen molar-refractivity contribution in [2.45, 2.75) is 52.0 Å². The molecule has 5 aromatic rings. The van der Waals surface area contributed by atoms with Crippen LogP contribution in [0.4, 0.5) is 8.78 Å². The zero-order chi connectivity index (χ0) is 24.8. The Morgan fingerprint density at radius 1 is 0.861 bits per heavy atom. The highest BCUT2D eigenvalue weighted by molar-refractivity contribution is 6.04. The molecule has 1 aliphatic carbocycles. The molecule has 2 aromatic carbocycles. The van der Waals surface area contributed by atoms with Crippen LogP contribution < -0.4 is 4.74 Å². The number of hydrogen-bond acceptors (Lipinski definition) is 5. The zero-order valence-corrected chi connectivity index (χ0v) is 20.1. The Bertz CT molecular complexity index is 1610. The Morgan fingerprint density at radius 3 is 2.44 bits per heavy atom. The molecular formula is C28H25F2N5O. The van der Waals surface area contributed by atoms with Gasteiger partial charge >= 0.3 is 6.01 Å². The smallest absolute Gasteiger partial charge is 0.322 e. The molecule has 6 rings (SSSR count). The maximum atomic E-state index is 15.3. The van der Waals surface area contributed by atoms with Crippen molar-refractivity contribution in [3.8, 4) is 22.9 Å². The normalized spacial score (nSPS) is 14.6. The second-order valence-electron chi connectivity index (χ2n) is 9.39. The van der Waals surface area contributed by atoms with Gasteiger partial charge in [-0.05, 0) is 51.0 Å². The van der Waals surface area contributed by atoms with Gasteiger partial charge in [0.1, 0.15) is 28.7 Å². The molecule has 0 atom stereocenters. The zero-order valence-electron chi connectivity index (χ0n) is 20.1. The first-order valence-corrected chi connectivity index (χ1v) is 12.2. The number of fused-ring (bicyclic) bond motifs is 3. The van der Waals surface area contributed by atoms with Gasteiger partial charge in [-0.25, -0.2) is 23.7 Å². The van der Waals surface area contributed by atoms with E-state index in [2.05, 4.69) is 19.5 Å². The fraction of sp³-hybridized carbons (Fsp3) is 0.286. The molecule has 8 heteroatoms. The number of benzene rings is 2. The molecule has 6 nitrogen and oxygen atoms in total. The Balaban J connectivity index is 1.46. The van der Waals surface area contributed by atoms with Crippen molar-refractivity contribution in [2.75, 3.05) is 0 Å². The van der Waals surface area contributed by atoms with E-state index in [1.165, 1.54) is 37.5 Å². The maximum absolute atomic E-state index is 15.3. The van der Waals surface area contributed by atoms with Crippen molar-refractivity contribution in [1.82, 2.24) is 24.5 Å². The molecule has 0 amide bonds. The molecule has 3 heterocycles. The summed E-state index contributed by atoms with van der Waals surface area (Å²) in [7, 11) is 0. The van der Waals surface area contributed by atoms with Gasteiger partial charge in [0.05, 0.1) is 17.2 Å². The number of rotatable bonds is 4. The van der Waals surface area contributed by atoms with Gasteiger partial charge in [-0.15, -0.1) is 0 Å². The van der Waals surface area contributed by atoms with Gasteiger partial charge in [-0.1, -0.05) is 19.3 Å². The standard InChI is InChI=1S/C28H25F2N5O/c1-16-10-11-31-28(33-16)36-19-8-9-20(23(29)12-19)21-13-22-25(14-24(21)30)32-15-26-27(22)35(17(2)34-26)18-6-4-3-5-7-18/h8-15,18H,3-7H2,1-2H3. The summed E-state index contributed by atoms with van der Waals surface area (Å²) in [6, 6.07) is 9.61. The quantitative estimate of drug-likeness (QED) is 0.269. The number of halogens is 2. The summed E-state index contributed by atoms with van der Waals surface area (Å²) in [6.07, 6.45) is 9.05. The molecule has 182 valence electrons. The predicted molar refractivity (Wildman–Crippen MR) is 134 cm³/mol. The van der Waals surface area contributed by atoms with Crippen LogP contribution in [0.1, 0.15) is 49.7 Å². The minimum atomic E-state index is -0.601. The third-order valence-corrected chi connectivity index (χ3v) is 6.93. The van der Waals surface area contributed by atoms with Gasteiger partial charge < -0.3 is 9.30 Å². The summed E-state index contributed by atoms with van der Waals surface area (Å²) in [5.74, 6) is 0.0149. The van der Waals surface area contributed by atoms with Crippen LogP contribution in [0.5, 0.6) is 11.8 Å². The van der Waals surface area contributed by atoms with E-state index in [1.54, 1.807) is 30.6 Å². The molecule has 0 radical (unpaired) electrons. The lowest BCUT2D eigenvalue weighted by Gasteiger charge is -2.25. The van der Waals surface area contributed by atoms with Gasteiger partial charge in [-0.3, -0.25) is 4.98 Å². The molecular weight excluding hydrogens is 460 g/mol. The van der Waals surface area contributed by atoms with Crippen LogP contribution in [-0.4, -0.2) is 24.5 Å². The van der Waals surface area contributed by atoms with Crippen LogP contribution >= 0.6 is 0 Å². The van der Waals surface area contributed by atoms with Crippen LogP contribution in [0, 0.1) is 25.5 Å². The van der Waals surface area contributed by atoms with E-state index in [1.807, 2.05) is 13.8 Å². The third-order valence-electron chi connectivity index (χ3n) is 6.93. The Labute approximate surface area is 207 Å². The fourth-order valence-corrected chi connectivity index (χ4v) is 5.26. The highest BCUT2D eigenvalue weighted by atomic mass is 19.1. The molecule has 0 unspecified atom stereocenters. The van der Waals surface area contributed by atoms with E-state index < -0.39 is 11.6 Å². The van der Waals surface area contributed by atoms with Crippen molar-refractivity contribution in [2.24, 2.45) is 0 Å². The van der Waals surface area contributed by atoms with Crippen molar-refractivity contribution in [3.63, 3.8) is 0 Å². The van der Waals surface area contributed by atoms with Gasteiger partial charge in [-0.2, -0.15) is 0 Å². The molecule has 1 aliphatic rings. The first kappa shape index (κ1) is 22.5. The van der Waals surface area contributed by atoms with Gasteiger partial charge in [0.25, 0.3) is 0 Å². The molecule has 3 aromatic heterocycles. The van der Waals surface area contributed by atoms with Crippen molar-refractivity contribution in [1.29, 1.82) is 0 Å². The van der Waals surface area contributed by atoms with E-state index in [9.17, 15) is 0 Å². The largest absolute Gasteiger partial charge is 0.424 e. The third kappa shape index (κ3) is 3.96. The summed E-state index contributed by atoms with van der Waals surface area (Å²) in [5.41, 5.74) is 3.27. The Kier molecular flexibility index (Phi) is 5.59. The number of nitrogens with zero attached hydrogens (tertiary/aromatic N) is 5. The van der Waals surface area contributed by atoms with Gasteiger partial charge in [0, 0.05) is 46.6 Å². The average Bonchev–Trinajstić information content (AvgIpc) is 3.21. The average molecular weight is 486 g/mol. The number of aromatic nitrogens is 5. The van der Waals surface area contributed by atoms with Crippen LogP contribution in [0.25, 0.3) is 33.1 Å². The van der Waals surface area contributed by atoms with Gasteiger partial charge in [0.2, 0.25) is 0 Å². The summed E-state index contributed by atoms with van der Waals surface area (Å²) >= 11 is 0. The molecule has 0 N–H and O–H groups in total. The van der Waals surface area contributed by atoms with Gasteiger partial charge in [0.15, 0.2) is 0 Å². The van der Waals surface area contributed by atoms with Crippen LogP contribution in [0.3, 0.4) is 0 Å². The number of pyridine rings is 1. The lowest BCUT2D eigenvalue weighted by Crippen LogP contribution is -2.14. The monoisotopic (exact) mass is 485 g/mol. The molecule has 0 spiro atoms. The van der Waals surface area contributed by atoms with E-state index in [4.69, 9.17) is 9.72 Å². The lowest BCUT2D eigenvalue weighted by molar-refractivity contribution is 0.355. The number of ether oxygens (including phenoxy) is 1. The lowest BCUT2D eigenvalue weighted by atomic mass is 9.94. The summed E-state index contributed by atoms with van der Waals surface area (Å²) in [4.78, 5) is 17.4. The van der Waals surface area contributed by atoms with Crippen LogP contribution in [0.15, 0.2) is 48.8 Å².